The lowest BCUT2D eigenvalue weighted by Gasteiger charge is -2.14. The number of anilines is 1. The molecule has 9 heteroatoms. The molecular weight excluding hydrogens is 355 g/mol. The van der Waals surface area contributed by atoms with Gasteiger partial charge < -0.3 is 14.8 Å². The maximum absolute atomic E-state index is 12.3. The number of nitrogens with zero attached hydrogens (tertiary/aromatic N) is 2. The lowest BCUT2D eigenvalue weighted by atomic mass is 10.3. The summed E-state index contributed by atoms with van der Waals surface area (Å²) in [6.07, 6.45) is -3.59. The number of alkyl halides is 3. The molecular formula is C12H9BrF3N3O2. The van der Waals surface area contributed by atoms with Crippen LogP contribution in [0, 0.1) is 0 Å². The predicted octanol–water partition coefficient (Wildman–Crippen LogP) is 3.97. The van der Waals surface area contributed by atoms with Crippen molar-refractivity contribution >= 4 is 21.7 Å². The van der Waals surface area contributed by atoms with Crippen LogP contribution < -0.4 is 14.8 Å². The summed E-state index contributed by atoms with van der Waals surface area (Å²) in [5.74, 6) is -0.0698. The number of ether oxygens (including phenoxy) is 2. The number of aromatic nitrogens is 2. The molecule has 0 spiro atoms. The molecule has 2 aromatic rings. The van der Waals surface area contributed by atoms with Gasteiger partial charge in [0.1, 0.15) is 16.6 Å². The Kier molecular flexibility index (Phi) is 4.51. The zero-order valence-electron chi connectivity index (χ0n) is 10.6. The van der Waals surface area contributed by atoms with Crippen LogP contribution in [0.15, 0.2) is 35.1 Å². The molecule has 0 saturated carbocycles. The van der Waals surface area contributed by atoms with E-state index in [4.69, 9.17) is 4.74 Å². The summed E-state index contributed by atoms with van der Waals surface area (Å²) in [5, 5.41) is 2.79. The molecule has 0 amide bonds. The fourth-order valence-corrected chi connectivity index (χ4v) is 1.93. The minimum absolute atomic E-state index is 0.0626. The van der Waals surface area contributed by atoms with Crippen molar-refractivity contribution in [1.29, 1.82) is 0 Å². The maximum Gasteiger partial charge on any atom is 0.573 e. The third-order valence-electron chi connectivity index (χ3n) is 2.28. The summed E-state index contributed by atoms with van der Waals surface area (Å²) in [6, 6.07) is 5.42. The van der Waals surface area contributed by atoms with Crippen LogP contribution in [0.5, 0.6) is 17.4 Å². The summed E-state index contributed by atoms with van der Waals surface area (Å²) in [7, 11) is 1.64. The molecule has 0 radical (unpaired) electrons. The number of nitrogens with one attached hydrogen (secondary N) is 1. The van der Waals surface area contributed by atoms with E-state index in [0.717, 1.165) is 6.07 Å². The quantitative estimate of drug-likeness (QED) is 0.890. The molecule has 0 saturated heterocycles. The van der Waals surface area contributed by atoms with Gasteiger partial charge in [0.2, 0.25) is 5.88 Å². The molecule has 1 heterocycles. The van der Waals surface area contributed by atoms with E-state index in [2.05, 4.69) is 36.0 Å². The zero-order valence-corrected chi connectivity index (χ0v) is 12.2. The number of hydrogen-bond acceptors (Lipinski definition) is 5. The second-order valence-electron chi connectivity index (χ2n) is 3.69. The van der Waals surface area contributed by atoms with Gasteiger partial charge in [-0.3, -0.25) is 0 Å². The highest BCUT2D eigenvalue weighted by Gasteiger charge is 2.32. The lowest BCUT2D eigenvalue weighted by Crippen LogP contribution is -2.17. The topological polar surface area (TPSA) is 56.3 Å². The summed E-state index contributed by atoms with van der Waals surface area (Å²) >= 11 is 3.21. The van der Waals surface area contributed by atoms with Crippen LogP contribution in [-0.2, 0) is 0 Å². The summed E-state index contributed by atoms with van der Waals surface area (Å²) in [4.78, 5) is 7.78. The van der Waals surface area contributed by atoms with Gasteiger partial charge in [-0.15, -0.1) is 13.2 Å². The van der Waals surface area contributed by atoms with Crippen LogP contribution in [0.2, 0.25) is 0 Å². The van der Waals surface area contributed by atoms with Crippen molar-refractivity contribution in [3.05, 3.63) is 35.1 Å². The van der Waals surface area contributed by atoms with E-state index in [-0.39, 0.29) is 11.6 Å². The fraction of sp³-hybridized carbons (Fsp3) is 0.167. The Hall–Kier alpha value is -2.03. The Morgan fingerprint density at radius 3 is 2.43 bits per heavy atom. The van der Waals surface area contributed by atoms with Gasteiger partial charge in [0.25, 0.3) is 0 Å². The largest absolute Gasteiger partial charge is 0.573 e. The molecule has 0 atom stereocenters. The smallest absolute Gasteiger partial charge is 0.434 e. The number of benzene rings is 1. The van der Waals surface area contributed by atoms with Crippen molar-refractivity contribution in [1.82, 2.24) is 9.97 Å². The van der Waals surface area contributed by atoms with Crippen LogP contribution in [0.1, 0.15) is 0 Å². The summed E-state index contributed by atoms with van der Waals surface area (Å²) in [6.45, 7) is 0. The molecule has 1 aromatic carbocycles. The Morgan fingerprint density at radius 1 is 1.14 bits per heavy atom. The average Bonchev–Trinajstić information content (AvgIpc) is 2.41. The Morgan fingerprint density at radius 2 is 1.81 bits per heavy atom. The molecule has 0 aliphatic heterocycles. The SMILES string of the molecule is CNc1ncnc(Oc2ccccc2OC(F)(F)F)c1Br. The Labute approximate surface area is 126 Å². The van der Waals surface area contributed by atoms with Gasteiger partial charge in [0.05, 0.1) is 0 Å². The van der Waals surface area contributed by atoms with E-state index in [1.807, 2.05) is 0 Å². The highest BCUT2D eigenvalue weighted by molar-refractivity contribution is 9.10. The normalized spacial score (nSPS) is 11.1. The van der Waals surface area contributed by atoms with Crippen LogP contribution in [0.3, 0.4) is 0 Å². The van der Waals surface area contributed by atoms with Gasteiger partial charge in [-0.1, -0.05) is 12.1 Å². The highest BCUT2D eigenvalue weighted by atomic mass is 79.9. The summed E-state index contributed by atoms with van der Waals surface area (Å²) in [5.41, 5.74) is 0. The van der Waals surface area contributed by atoms with E-state index in [1.165, 1.54) is 24.5 Å². The van der Waals surface area contributed by atoms with Gasteiger partial charge in [-0.05, 0) is 28.1 Å². The Bertz CT molecular complexity index is 637. The molecule has 1 aromatic heterocycles. The highest BCUT2D eigenvalue weighted by Crippen LogP contribution is 2.37. The van der Waals surface area contributed by atoms with E-state index in [1.54, 1.807) is 7.05 Å². The van der Waals surface area contributed by atoms with E-state index < -0.39 is 12.1 Å². The second kappa shape index (κ2) is 6.17. The number of rotatable bonds is 4. The van der Waals surface area contributed by atoms with Crippen molar-refractivity contribution in [2.24, 2.45) is 0 Å². The van der Waals surface area contributed by atoms with Gasteiger partial charge in [0, 0.05) is 7.05 Å². The van der Waals surface area contributed by atoms with E-state index in [9.17, 15) is 13.2 Å². The number of para-hydroxylation sites is 2. The fourth-order valence-electron chi connectivity index (χ4n) is 1.45. The summed E-state index contributed by atoms with van der Waals surface area (Å²) < 4.78 is 46.7. The first kappa shape index (κ1) is 15.4. The van der Waals surface area contributed by atoms with Crippen LogP contribution in [0.4, 0.5) is 19.0 Å². The number of hydrogen-bond donors (Lipinski definition) is 1. The van der Waals surface area contributed by atoms with Crippen LogP contribution >= 0.6 is 15.9 Å². The molecule has 0 unspecified atom stereocenters. The maximum atomic E-state index is 12.3. The predicted molar refractivity (Wildman–Crippen MR) is 72.5 cm³/mol. The first-order chi connectivity index (χ1) is 9.90. The third-order valence-corrected chi connectivity index (χ3v) is 2.99. The average molecular weight is 364 g/mol. The minimum Gasteiger partial charge on any atom is -0.434 e. The van der Waals surface area contributed by atoms with Gasteiger partial charge in [-0.25, -0.2) is 9.97 Å². The van der Waals surface area contributed by atoms with Crippen LogP contribution in [0.25, 0.3) is 0 Å². The minimum atomic E-state index is -4.81. The second-order valence-corrected chi connectivity index (χ2v) is 4.48. The van der Waals surface area contributed by atoms with Crippen molar-refractivity contribution in [2.75, 3.05) is 12.4 Å². The monoisotopic (exact) mass is 363 g/mol. The lowest BCUT2D eigenvalue weighted by molar-refractivity contribution is -0.275. The Balaban J connectivity index is 2.32. The van der Waals surface area contributed by atoms with Crippen molar-refractivity contribution in [3.8, 4) is 17.4 Å². The molecule has 0 fully saturated rings. The molecule has 21 heavy (non-hydrogen) atoms. The molecule has 0 bridgehead atoms. The zero-order chi connectivity index (χ0) is 15.5. The third kappa shape index (κ3) is 3.97. The molecule has 0 aliphatic carbocycles. The molecule has 1 N–H and O–H groups in total. The standard InChI is InChI=1S/C12H9BrF3N3O2/c1-17-10-9(13)11(19-6-18-10)20-7-4-2-3-5-8(7)21-12(14,15)16/h2-6H,1H3,(H,17,18,19). The van der Waals surface area contributed by atoms with E-state index in [0.29, 0.717) is 10.3 Å². The molecule has 5 nitrogen and oxygen atoms in total. The van der Waals surface area contributed by atoms with Crippen molar-refractivity contribution < 1.29 is 22.6 Å². The van der Waals surface area contributed by atoms with E-state index >= 15 is 0 Å². The van der Waals surface area contributed by atoms with Gasteiger partial charge in [-0.2, -0.15) is 0 Å². The van der Waals surface area contributed by atoms with Gasteiger partial charge in [0.15, 0.2) is 11.5 Å². The first-order valence-electron chi connectivity index (χ1n) is 5.61. The van der Waals surface area contributed by atoms with Crippen LogP contribution in [-0.4, -0.2) is 23.4 Å². The molecule has 2 rings (SSSR count). The van der Waals surface area contributed by atoms with Crippen molar-refractivity contribution in [2.45, 2.75) is 6.36 Å². The van der Waals surface area contributed by atoms with Gasteiger partial charge >= 0.3 is 6.36 Å². The molecule has 0 aliphatic rings. The number of halogens is 4. The first-order valence-corrected chi connectivity index (χ1v) is 6.41. The van der Waals surface area contributed by atoms with Crippen molar-refractivity contribution in [3.63, 3.8) is 0 Å². The molecule has 112 valence electrons.